The minimum atomic E-state index is -3.54. The van der Waals surface area contributed by atoms with Crippen molar-refractivity contribution in [3.63, 3.8) is 0 Å². The summed E-state index contributed by atoms with van der Waals surface area (Å²) >= 11 is 0. The maximum absolute atomic E-state index is 12.9. The molecule has 3 rings (SSSR count). The molecule has 7 heteroatoms. The summed E-state index contributed by atoms with van der Waals surface area (Å²) in [6.07, 6.45) is 3.53. The van der Waals surface area contributed by atoms with Gasteiger partial charge < -0.3 is 4.57 Å². The Morgan fingerprint density at radius 1 is 1.12 bits per heavy atom. The van der Waals surface area contributed by atoms with Gasteiger partial charge in [0.1, 0.15) is 11.6 Å². The van der Waals surface area contributed by atoms with Crippen molar-refractivity contribution in [3.05, 3.63) is 83.7 Å². The summed E-state index contributed by atoms with van der Waals surface area (Å²) in [7, 11) is -3.54. The van der Waals surface area contributed by atoms with E-state index in [-0.39, 0.29) is 12.3 Å². The standard InChI is InChI=1S/C18H18FN3O2S/c1-14-20-10-11-22(14)18-5-3-2-4-16(18)12-21-25(23,24)13-15-6-8-17(19)9-7-15/h2-11,21H,12-13H2,1H3. The summed E-state index contributed by atoms with van der Waals surface area (Å²) in [5, 5.41) is 0. The monoisotopic (exact) mass is 359 g/mol. The minimum Gasteiger partial charge on any atom is -0.304 e. The lowest BCUT2D eigenvalue weighted by molar-refractivity contribution is 0.580. The summed E-state index contributed by atoms with van der Waals surface area (Å²) in [5.74, 6) is 0.236. The van der Waals surface area contributed by atoms with Crippen LogP contribution >= 0.6 is 0 Å². The predicted molar refractivity (Wildman–Crippen MR) is 94.2 cm³/mol. The van der Waals surface area contributed by atoms with Crippen LogP contribution in [0.3, 0.4) is 0 Å². The molecule has 0 saturated heterocycles. The number of halogens is 1. The summed E-state index contributed by atoms with van der Waals surface area (Å²) in [6, 6.07) is 13.0. The number of benzene rings is 2. The smallest absolute Gasteiger partial charge is 0.216 e. The maximum Gasteiger partial charge on any atom is 0.216 e. The number of para-hydroxylation sites is 1. The molecule has 3 aromatic rings. The Morgan fingerprint density at radius 3 is 2.52 bits per heavy atom. The number of sulfonamides is 1. The van der Waals surface area contributed by atoms with E-state index in [9.17, 15) is 12.8 Å². The zero-order chi connectivity index (χ0) is 17.9. The fourth-order valence-corrected chi connectivity index (χ4v) is 3.68. The number of aryl methyl sites for hydroxylation is 1. The summed E-state index contributed by atoms with van der Waals surface area (Å²) in [4.78, 5) is 4.20. The van der Waals surface area contributed by atoms with Crippen LogP contribution in [-0.2, 0) is 22.3 Å². The fraction of sp³-hybridized carbons (Fsp3) is 0.167. The second-order valence-corrected chi connectivity index (χ2v) is 7.49. The van der Waals surface area contributed by atoms with Crippen molar-refractivity contribution >= 4 is 10.0 Å². The molecule has 1 N–H and O–H groups in total. The first-order valence-corrected chi connectivity index (χ1v) is 9.40. The van der Waals surface area contributed by atoms with Gasteiger partial charge in [-0.05, 0) is 36.2 Å². The van der Waals surface area contributed by atoms with Gasteiger partial charge in [0.2, 0.25) is 10.0 Å². The third-order valence-electron chi connectivity index (χ3n) is 3.83. The van der Waals surface area contributed by atoms with E-state index in [0.717, 1.165) is 17.1 Å². The number of hydrogen-bond donors (Lipinski definition) is 1. The lowest BCUT2D eigenvalue weighted by Crippen LogP contribution is -2.25. The van der Waals surface area contributed by atoms with E-state index >= 15 is 0 Å². The van der Waals surface area contributed by atoms with Crippen molar-refractivity contribution in [2.24, 2.45) is 0 Å². The maximum atomic E-state index is 12.9. The van der Waals surface area contributed by atoms with E-state index in [2.05, 4.69) is 9.71 Å². The molecule has 2 aromatic carbocycles. The van der Waals surface area contributed by atoms with Gasteiger partial charge in [-0.15, -0.1) is 0 Å². The van der Waals surface area contributed by atoms with Gasteiger partial charge in [0.05, 0.1) is 11.4 Å². The minimum absolute atomic E-state index is 0.164. The molecule has 130 valence electrons. The van der Waals surface area contributed by atoms with Crippen LogP contribution in [0, 0.1) is 12.7 Å². The molecule has 0 aliphatic carbocycles. The molecule has 0 fully saturated rings. The van der Waals surface area contributed by atoms with E-state index in [1.165, 1.54) is 24.3 Å². The van der Waals surface area contributed by atoms with Gasteiger partial charge in [-0.25, -0.2) is 22.5 Å². The molecule has 0 atom stereocenters. The largest absolute Gasteiger partial charge is 0.304 e. The van der Waals surface area contributed by atoms with Gasteiger partial charge in [-0.2, -0.15) is 0 Å². The molecule has 0 unspecified atom stereocenters. The molecule has 0 amide bonds. The molecule has 5 nitrogen and oxygen atoms in total. The van der Waals surface area contributed by atoms with Crippen LogP contribution in [0.15, 0.2) is 60.9 Å². The van der Waals surface area contributed by atoms with Gasteiger partial charge in [-0.3, -0.25) is 0 Å². The zero-order valence-electron chi connectivity index (χ0n) is 13.7. The van der Waals surface area contributed by atoms with Crippen LogP contribution in [0.5, 0.6) is 0 Å². The Labute approximate surface area is 146 Å². The zero-order valence-corrected chi connectivity index (χ0v) is 14.5. The Balaban J connectivity index is 1.75. The third kappa shape index (κ3) is 4.32. The Kier molecular flexibility index (Phi) is 4.96. The molecule has 1 aromatic heterocycles. The van der Waals surface area contributed by atoms with Crippen LogP contribution in [0.25, 0.3) is 5.69 Å². The first kappa shape index (κ1) is 17.3. The summed E-state index contributed by atoms with van der Waals surface area (Å²) in [6.45, 7) is 2.05. The quantitative estimate of drug-likeness (QED) is 0.736. The third-order valence-corrected chi connectivity index (χ3v) is 5.13. The molecule has 0 bridgehead atoms. The number of imidazole rings is 1. The van der Waals surface area contributed by atoms with E-state index in [1.54, 1.807) is 6.20 Å². The highest BCUT2D eigenvalue weighted by molar-refractivity contribution is 7.88. The number of nitrogens with zero attached hydrogens (tertiary/aromatic N) is 2. The van der Waals surface area contributed by atoms with Crippen LogP contribution in [0.1, 0.15) is 17.0 Å². The molecule has 0 saturated carbocycles. The number of nitrogens with one attached hydrogen (secondary N) is 1. The lowest BCUT2D eigenvalue weighted by atomic mass is 10.2. The predicted octanol–water partition coefficient (Wildman–Crippen LogP) is 2.94. The first-order valence-electron chi connectivity index (χ1n) is 7.75. The molecule has 0 aliphatic rings. The Bertz CT molecular complexity index is 966. The second kappa shape index (κ2) is 7.16. The number of hydrogen-bond acceptors (Lipinski definition) is 3. The van der Waals surface area contributed by atoms with E-state index < -0.39 is 15.8 Å². The van der Waals surface area contributed by atoms with E-state index in [1.807, 2.05) is 42.0 Å². The highest BCUT2D eigenvalue weighted by atomic mass is 32.2. The second-order valence-electron chi connectivity index (χ2n) is 5.68. The normalized spacial score (nSPS) is 11.6. The van der Waals surface area contributed by atoms with E-state index in [0.29, 0.717) is 5.56 Å². The first-order chi connectivity index (χ1) is 11.9. The molecule has 0 radical (unpaired) electrons. The van der Waals surface area contributed by atoms with Gasteiger partial charge in [0, 0.05) is 18.9 Å². The van der Waals surface area contributed by atoms with E-state index in [4.69, 9.17) is 0 Å². The van der Waals surface area contributed by atoms with Crippen molar-refractivity contribution in [3.8, 4) is 5.69 Å². The van der Waals surface area contributed by atoms with Crippen molar-refractivity contribution < 1.29 is 12.8 Å². The molecule has 0 spiro atoms. The van der Waals surface area contributed by atoms with Gasteiger partial charge in [-0.1, -0.05) is 30.3 Å². The average molecular weight is 359 g/mol. The van der Waals surface area contributed by atoms with Crippen molar-refractivity contribution in [1.82, 2.24) is 14.3 Å². The van der Waals surface area contributed by atoms with Crippen LogP contribution in [0.4, 0.5) is 4.39 Å². The van der Waals surface area contributed by atoms with Crippen molar-refractivity contribution in [1.29, 1.82) is 0 Å². The summed E-state index contributed by atoms with van der Waals surface area (Å²) < 4.78 is 42.0. The number of rotatable bonds is 6. The van der Waals surface area contributed by atoms with Crippen LogP contribution < -0.4 is 4.72 Å². The Morgan fingerprint density at radius 2 is 1.84 bits per heavy atom. The SMILES string of the molecule is Cc1nccn1-c1ccccc1CNS(=O)(=O)Cc1ccc(F)cc1. The molecular formula is C18H18FN3O2S. The van der Waals surface area contributed by atoms with Gasteiger partial charge in [0.25, 0.3) is 0 Å². The van der Waals surface area contributed by atoms with Gasteiger partial charge >= 0.3 is 0 Å². The van der Waals surface area contributed by atoms with Crippen molar-refractivity contribution in [2.75, 3.05) is 0 Å². The number of aromatic nitrogens is 2. The topological polar surface area (TPSA) is 64.0 Å². The average Bonchev–Trinajstić information content (AvgIpc) is 3.01. The van der Waals surface area contributed by atoms with Crippen molar-refractivity contribution in [2.45, 2.75) is 19.2 Å². The van der Waals surface area contributed by atoms with Gasteiger partial charge in [0.15, 0.2) is 0 Å². The molecular weight excluding hydrogens is 341 g/mol. The fourth-order valence-electron chi connectivity index (χ4n) is 2.57. The molecule has 1 heterocycles. The molecule has 25 heavy (non-hydrogen) atoms. The Hall–Kier alpha value is -2.51. The van der Waals surface area contributed by atoms with Crippen LogP contribution in [-0.4, -0.2) is 18.0 Å². The molecule has 0 aliphatic heterocycles. The highest BCUT2D eigenvalue weighted by Crippen LogP contribution is 2.16. The highest BCUT2D eigenvalue weighted by Gasteiger charge is 2.13. The summed E-state index contributed by atoms with van der Waals surface area (Å²) in [5.41, 5.74) is 2.25. The lowest BCUT2D eigenvalue weighted by Gasteiger charge is -2.13. The van der Waals surface area contributed by atoms with Crippen LogP contribution in [0.2, 0.25) is 0 Å².